The molecular formula is C11H11IrN3O. The average Bonchev–Trinajstić information content (AvgIpc) is 2.33. The summed E-state index contributed by atoms with van der Waals surface area (Å²) in [5.74, 6) is -0.442. The van der Waals surface area contributed by atoms with E-state index in [0.717, 1.165) is 0 Å². The maximum absolute atomic E-state index is 10.4. The topological polar surface area (TPSA) is 68.9 Å². The Bertz CT molecular complexity index is 368. The van der Waals surface area contributed by atoms with Crippen LogP contribution in [0.2, 0.25) is 0 Å². The molecule has 0 atom stereocenters. The zero-order valence-electron chi connectivity index (χ0n) is 8.41. The van der Waals surface area contributed by atoms with Crippen LogP contribution in [0.1, 0.15) is 10.4 Å². The van der Waals surface area contributed by atoms with Crippen LogP contribution in [0.5, 0.6) is 0 Å². The summed E-state index contributed by atoms with van der Waals surface area (Å²) in [6.07, 6.45) is 6.52. The number of hydrogen-bond donors (Lipinski definition) is 1. The van der Waals surface area contributed by atoms with Crippen molar-refractivity contribution in [3.8, 4) is 0 Å². The van der Waals surface area contributed by atoms with Crippen LogP contribution in [-0.2, 0) is 20.1 Å². The Morgan fingerprint density at radius 2 is 1.62 bits per heavy atom. The van der Waals surface area contributed by atoms with Gasteiger partial charge in [0.1, 0.15) is 0 Å². The maximum Gasteiger partial charge on any atom is 0.250 e. The first-order valence-corrected chi connectivity index (χ1v) is 4.35. The monoisotopic (exact) mass is 394 g/mol. The molecule has 0 saturated heterocycles. The maximum atomic E-state index is 10.4. The first-order valence-electron chi connectivity index (χ1n) is 4.35. The first kappa shape index (κ1) is 14.4. The van der Waals surface area contributed by atoms with Crippen molar-refractivity contribution in [2.75, 3.05) is 0 Å². The predicted molar refractivity (Wildman–Crippen MR) is 57.0 cm³/mol. The third-order valence-corrected chi connectivity index (χ3v) is 1.51. The van der Waals surface area contributed by atoms with Gasteiger partial charge in [-0.3, -0.25) is 14.8 Å². The van der Waals surface area contributed by atoms with Crippen molar-refractivity contribution < 1.29 is 24.9 Å². The van der Waals surface area contributed by atoms with Gasteiger partial charge in [-0.1, -0.05) is 6.07 Å². The van der Waals surface area contributed by atoms with Crippen LogP contribution >= 0.6 is 0 Å². The van der Waals surface area contributed by atoms with Gasteiger partial charge in [0.25, 0.3) is 0 Å². The summed E-state index contributed by atoms with van der Waals surface area (Å²) in [5, 5.41) is 0. The van der Waals surface area contributed by atoms with E-state index in [4.69, 9.17) is 5.73 Å². The van der Waals surface area contributed by atoms with E-state index in [9.17, 15) is 4.79 Å². The number of aromatic nitrogens is 2. The van der Waals surface area contributed by atoms with Gasteiger partial charge in [0.05, 0.1) is 5.56 Å². The molecule has 2 aromatic heterocycles. The molecule has 85 valence electrons. The Hall–Kier alpha value is -1.58. The molecule has 0 fully saturated rings. The number of nitrogens with two attached hydrogens (primary N) is 1. The van der Waals surface area contributed by atoms with Gasteiger partial charge in [0.15, 0.2) is 0 Å². The molecule has 2 heterocycles. The van der Waals surface area contributed by atoms with Gasteiger partial charge in [-0.15, -0.1) is 0 Å². The summed E-state index contributed by atoms with van der Waals surface area (Å²) in [4.78, 5) is 17.9. The van der Waals surface area contributed by atoms with Crippen molar-refractivity contribution in [3.63, 3.8) is 0 Å². The SMILES string of the molecule is NC(=O)c1cccnc1.[Ir].c1ccncc1. The van der Waals surface area contributed by atoms with E-state index in [-0.39, 0.29) is 20.1 Å². The summed E-state index contributed by atoms with van der Waals surface area (Å²) in [6.45, 7) is 0. The van der Waals surface area contributed by atoms with Crippen molar-refractivity contribution in [2.45, 2.75) is 0 Å². The van der Waals surface area contributed by atoms with Crippen molar-refractivity contribution in [1.29, 1.82) is 0 Å². The van der Waals surface area contributed by atoms with Crippen LogP contribution in [0.3, 0.4) is 0 Å². The number of pyridine rings is 2. The fourth-order valence-electron chi connectivity index (χ4n) is 0.821. The largest absolute Gasteiger partial charge is 0.366 e. The van der Waals surface area contributed by atoms with Crippen molar-refractivity contribution >= 4 is 5.91 Å². The van der Waals surface area contributed by atoms with Gasteiger partial charge in [0.2, 0.25) is 5.91 Å². The Morgan fingerprint density at radius 3 is 1.88 bits per heavy atom. The van der Waals surface area contributed by atoms with Crippen molar-refractivity contribution in [3.05, 3.63) is 60.7 Å². The third kappa shape index (κ3) is 6.01. The Balaban J connectivity index is 0.000000283. The molecule has 0 saturated carbocycles. The Labute approximate surface area is 107 Å². The smallest absolute Gasteiger partial charge is 0.250 e. The van der Waals surface area contributed by atoms with E-state index in [0.29, 0.717) is 5.56 Å². The van der Waals surface area contributed by atoms with Gasteiger partial charge in [-0.25, -0.2) is 0 Å². The molecule has 2 aromatic rings. The first-order chi connectivity index (χ1) is 7.30. The van der Waals surface area contributed by atoms with E-state index < -0.39 is 5.91 Å². The Morgan fingerprint density at radius 1 is 1.00 bits per heavy atom. The van der Waals surface area contributed by atoms with Crippen LogP contribution in [0.4, 0.5) is 0 Å². The van der Waals surface area contributed by atoms with Crippen LogP contribution in [0.15, 0.2) is 55.1 Å². The predicted octanol–water partition coefficient (Wildman–Crippen LogP) is 1.26. The fraction of sp³-hybridized carbons (Fsp3) is 0. The quantitative estimate of drug-likeness (QED) is 0.793. The minimum atomic E-state index is -0.442. The summed E-state index contributed by atoms with van der Waals surface area (Å²) >= 11 is 0. The third-order valence-electron chi connectivity index (χ3n) is 1.51. The molecular weight excluding hydrogens is 382 g/mol. The number of nitrogens with zero attached hydrogens (tertiary/aromatic N) is 2. The molecule has 0 aliphatic heterocycles. The summed E-state index contributed by atoms with van der Waals surface area (Å²) in [7, 11) is 0. The van der Waals surface area contributed by atoms with Gasteiger partial charge < -0.3 is 5.73 Å². The zero-order valence-corrected chi connectivity index (χ0v) is 10.8. The molecule has 16 heavy (non-hydrogen) atoms. The second-order valence-electron chi connectivity index (χ2n) is 2.63. The minimum absolute atomic E-state index is 0. The molecule has 0 aliphatic carbocycles. The Kier molecular flexibility index (Phi) is 7.85. The van der Waals surface area contributed by atoms with Gasteiger partial charge in [-0.2, -0.15) is 0 Å². The molecule has 2 rings (SSSR count). The molecule has 0 aromatic carbocycles. The minimum Gasteiger partial charge on any atom is -0.366 e. The van der Waals surface area contributed by atoms with E-state index >= 15 is 0 Å². The molecule has 0 unspecified atom stereocenters. The van der Waals surface area contributed by atoms with E-state index in [1.165, 1.54) is 6.20 Å². The summed E-state index contributed by atoms with van der Waals surface area (Å²) < 4.78 is 0. The van der Waals surface area contributed by atoms with E-state index in [1.54, 1.807) is 30.7 Å². The molecule has 1 amide bonds. The van der Waals surface area contributed by atoms with Crippen LogP contribution in [-0.4, -0.2) is 15.9 Å². The average molecular weight is 393 g/mol. The number of rotatable bonds is 1. The summed E-state index contributed by atoms with van der Waals surface area (Å²) in [6, 6.07) is 9.00. The molecule has 4 nitrogen and oxygen atoms in total. The van der Waals surface area contributed by atoms with Crippen molar-refractivity contribution in [2.24, 2.45) is 5.73 Å². The molecule has 0 bridgehead atoms. The van der Waals surface area contributed by atoms with Crippen LogP contribution in [0, 0.1) is 0 Å². The second kappa shape index (κ2) is 8.71. The number of amides is 1. The number of carbonyl (C=O) groups excluding carboxylic acids is 1. The summed E-state index contributed by atoms with van der Waals surface area (Å²) in [5.41, 5.74) is 5.38. The van der Waals surface area contributed by atoms with Gasteiger partial charge >= 0.3 is 0 Å². The fourth-order valence-corrected chi connectivity index (χ4v) is 0.821. The zero-order chi connectivity index (χ0) is 10.9. The van der Waals surface area contributed by atoms with E-state index in [2.05, 4.69) is 9.97 Å². The van der Waals surface area contributed by atoms with E-state index in [1.807, 2.05) is 18.2 Å². The number of primary amides is 1. The standard InChI is InChI=1S/C6H6N2O.C5H5N.Ir/c7-6(9)5-2-1-3-8-4-5;1-2-4-6-5-3-1;/h1-4H,(H2,7,9);1-5H;. The normalized spacial score (nSPS) is 8.00. The number of carbonyl (C=O) groups is 1. The second-order valence-corrected chi connectivity index (χ2v) is 2.63. The molecule has 5 heteroatoms. The van der Waals surface area contributed by atoms with Crippen LogP contribution in [0.25, 0.3) is 0 Å². The number of hydrogen-bond acceptors (Lipinski definition) is 3. The van der Waals surface area contributed by atoms with Crippen molar-refractivity contribution in [1.82, 2.24) is 9.97 Å². The van der Waals surface area contributed by atoms with Crippen LogP contribution < -0.4 is 5.73 Å². The van der Waals surface area contributed by atoms with Gasteiger partial charge in [0, 0.05) is 44.9 Å². The molecule has 2 N–H and O–H groups in total. The molecule has 0 spiro atoms. The van der Waals surface area contributed by atoms with Gasteiger partial charge in [-0.05, 0) is 24.3 Å². The molecule has 0 aliphatic rings. The molecule has 1 radical (unpaired) electrons.